The van der Waals surface area contributed by atoms with Gasteiger partial charge in [0.1, 0.15) is 11.9 Å². The number of aliphatic imine (C=N–C) groups is 1. The van der Waals surface area contributed by atoms with Crippen LogP contribution in [-0.4, -0.2) is 57.0 Å². The normalized spacial score (nSPS) is 26.5. The molecule has 1 saturated heterocycles. The average Bonchev–Trinajstić information content (AvgIpc) is 2.99. The molecule has 30 heavy (non-hydrogen) atoms. The number of carbonyl (C=O) groups excluding carboxylic acids is 1. The molecule has 2 fully saturated rings. The number of hydrogen-bond donors (Lipinski definition) is 1. The number of fused-ring (bicyclic) bond motifs is 2. The van der Waals surface area contributed by atoms with E-state index in [4.69, 9.17) is 4.74 Å². The fraction of sp³-hybridized carbons (Fsp3) is 0.636. The van der Waals surface area contributed by atoms with E-state index in [-0.39, 0.29) is 23.8 Å². The van der Waals surface area contributed by atoms with Gasteiger partial charge in [-0.1, -0.05) is 19.3 Å². The molecule has 3 aliphatic rings. The Hall–Kier alpha value is -1.77. The molecule has 2 aliphatic heterocycles. The Morgan fingerprint density at radius 3 is 2.67 bits per heavy atom. The Morgan fingerprint density at radius 2 is 1.90 bits per heavy atom. The summed E-state index contributed by atoms with van der Waals surface area (Å²) in [5.74, 6) is 0.668. The van der Waals surface area contributed by atoms with Crippen LogP contribution in [0.25, 0.3) is 0 Å². The molecular formula is C22H31N3O4S. The zero-order chi connectivity index (χ0) is 21.1. The van der Waals surface area contributed by atoms with Gasteiger partial charge < -0.3 is 4.74 Å². The van der Waals surface area contributed by atoms with E-state index in [1.165, 1.54) is 6.42 Å². The van der Waals surface area contributed by atoms with Gasteiger partial charge >= 0.3 is 0 Å². The molecule has 7 nitrogen and oxygen atoms in total. The fourth-order valence-electron chi connectivity index (χ4n) is 4.86. The summed E-state index contributed by atoms with van der Waals surface area (Å²) in [4.78, 5) is 16.9. The smallest absolute Gasteiger partial charge is 0.279 e. The molecule has 2 atom stereocenters. The monoisotopic (exact) mass is 433 g/mol. The fourth-order valence-corrected chi connectivity index (χ4v) is 6.36. The molecule has 1 N–H and O–H groups in total. The number of nitrogens with one attached hydrogen (secondary N) is 1. The van der Waals surface area contributed by atoms with Crippen molar-refractivity contribution in [2.75, 3.05) is 20.1 Å². The average molecular weight is 434 g/mol. The van der Waals surface area contributed by atoms with Gasteiger partial charge in [-0.05, 0) is 49.4 Å². The van der Waals surface area contributed by atoms with Crippen molar-refractivity contribution in [1.82, 2.24) is 9.03 Å². The summed E-state index contributed by atoms with van der Waals surface area (Å²) in [6.45, 7) is 0.831. The zero-order valence-corrected chi connectivity index (χ0v) is 18.4. The maximum absolute atomic E-state index is 12.9. The van der Waals surface area contributed by atoms with Crippen LogP contribution in [0.4, 0.5) is 0 Å². The molecule has 1 aromatic rings. The van der Waals surface area contributed by atoms with E-state index < -0.39 is 10.2 Å². The van der Waals surface area contributed by atoms with E-state index in [1.54, 1.807) is 17.6 Å². The Labute approximate surface area is 179 Å². The number of hydrogen-bond acceptors (Lipinski definition) is 5. The van der Waals surface area contributed by atoms with Crippen molar-refractivity contribution in [3.05, 3.63) is 29.3 Å². The standard InChI is InChI=1S/C22H31N3O4S/c1-23-15-16-7-8-22-19(13-16)20(26)14-17-9-11-25(12-10-21(17)29-22)30(27,28)24-18-5-3-2-4-6-18/h7-8,13,15,17-18,21,24H,2-6,9-12,14H2,1H3. The highest BCUT2D eigenvalue weighted by molar-refractivity contribution is 7.87. The minimum Gasteiger partial charge on any atom is -0.489 e. The van der Waals surface area contributed by atoms with E-state index in [2.05, 4.69) is 9.71 Å². The number of carbonyl (C=O) groups is 1. The third kappa shape index (κ3) is 4.76. The third-order valence-corrected chi connectivity index (χ3v) is 8.18. The first kappa shape index (κ1) is 21.5. The number of nitrogens with zero attached hydrogens (tertiary/aromatic N) is 2. The highest BCUT2D eigenvalue weighted by Crippen LogP contribution is 2.35. The van der Waals surface area contributed by atoms with Crippen LogP contribution in [0, 0.1) is 5.92 Å². The van der Waals surface area contributed by atoms with Crippen molar-refractivity contribution < 1.29 is 17.9 Å². The maximum Gasteiger partial charge on any atom is 0.279 e. The lowest BCUT2D eigenvalue weighted by Gasteiger charge is -2.27. The van der Waals surface area contributed by atoms with E-state index in [0.29, 0.717) is 43.7 Å². The van der Waals surface area contributed by atoms with E-state index >= 15 is 0 Å². The molecule has 2 heterocycles. The quantitative estimate of drug-likeness (QED) is 0.740. The first-order chi connectivity index (χ1) is 14.5. The Balaban J connectivity index is 1.47. The van der Waals surface area contributed by atoms with Crippen LogP contribution in [0.5, 0.6) is 5.75 Å². The van der Waals surface area contributed by atoms with Gasteiger partial charge in [-0.2, -0.15) is 17.4 Å². The molecule has 1 aliphatic carbocycles. The molecule has 1 aromatic carbocycles. The van der Waals surface area contributed by atoms with Gasteiger partial charge in [0.05, 0.1) is 5.56 Å². The summed E-state index contributed by atoms with van der Waals surface area (Å²) in [6.07, 6.45) is 8.33. The van der Waals surface area contributed by atoms with Crippen molar-refractivity contribution in [2.24, 2.45) is 10.9 Å². The molecule has 2 unspecified atom stereocenters. The van der Waals surface area contributed by atoms with Gasteiger partial charge in [0.25, 0.3) is 10.2 Å². The second-order valence-corrected chi connectivity index (χ2v) is 10.3. The van der Waals surface area contributed by atoms with E-state index in [1.807, 2.05) is 18.2 Å². The summed E-state index contributed by atoms with van der Waals surface area (Å²) >= 11 is 0. The van der Waals surface area contributed by atoms with Crippen LogP contribution < -0.4 is 9.46 Å². The van der Waals surface area contributed by atoms with Crippen molar-refractivity contribution in [1.29, 1.82) is 0 Å². The van der Waals surface area contributed by atoms with Gasteiger partial charge in [-0.15, -0.1) is 0 Å². The predicted molar refractivity (Wildman–Crippen MR) is 117 cm³/mol. The van der Waals surface area contributed by atoms with Crippen LogP contribution >= 0.6 is 0 Å². The van der Waals surface area contributed by atoms with E-state index in [0.717, 1.165) is 31.2 Å². The topological polar surface area (TPSA) is 88.1 Å². The second-order valence-electron chi connectivity index (χ2n) is 8.62. The highest BCUT2D eigenvalue weighted by Gasteiger charge is 2.37. The molecule has 0 spiro atoms. The SMILES string of the molecule is CN=Cc1ccc2c(c1)C(=O)CC1CCN(S(=O)(=O)NC3CCCCC3)CCC1O2. The number of rotatable bonds is 4. The highest BCUT2D eigenvalue weighted by atomic mass is 32.2. The van der Waals surface area contributed by atoms with Crippen LogP contribution in [-0.2, 0) is 10.2 Å². The first-order valence-electron chi connectivity index (χ1n) is 11.0. The number of ether oxygens (including phenoxy) is 1. The van der Waals surface area contributed by atoms with Crippen LogP contribution in [0.1, 0.15) is 67.3 Å². The first-order valence-corrected chi connectivity index (χ1v) is 12.4. The largest absolute Gasteiger partial charge is 0.489 e. The summed E-state index contributed by atoms with van der Waals surface area (Å²) in [6, 6.07) is 5.60. The van der Waals surface area contributed by atoms with Crippen molar-refractivity contribution >= 4 is 22.2 Å². The van der Waals surface area contributed by atoms with Gasteiger partial charge in [0, 0.05) is 44.7 Å². The second kappa shape index (κ2) is 9.16. The summed E-state index contributed by atoms with van der Waals surface area (Å²) in [5.41, 5.74) is 1.48. The predicted octanol–water partition coefficient (Wildman–Crippen LogP) is 2.95. The number of Topliss-reactive ketones (excluding diaryl/α,β-unsaturated/α-hetero) is 1. The molecule has 0 radical (unpaired) electrons. The third-order valence-electron chi connectivity index (χ3n) is 6.51. The summed E-state index contributed by atoms with van der Waals surface area (Å²) in [7, 11) is -1.82. The molecular weight excluding hydrogens is 402 g/mol. The molecule has 8 heteroatoms. The molecule has 0 aromatic heterocycles. The molecule has 0 bridgehead atoms. The molecule has 1 saturated carbocycles. The maximum atomic E-state index is 12.9. The van der Waals surface area contributed by atoms with E-state index in [9.17, 15) is 13.2 Å². The van der Waals surface area contributed by atoms with Gasteiger partial charge in [0.15, 0.2) is 5.78 Å². The number of ketones is 1. The van der Waals surface area contributed by atoms with Gasteiger partial charge in [0.2, 0.25) is 0 Å². The minimum absolute atomic E-state index is 0.0167. The van der Waals surface area contributed by atoms with Gasteiger partial charge in [-0.3, -0.25) is 9.79 Å². The van der Waals surface area contributed by atoms with Crippen molar-refractivity contribution in [2.45, 2.75) is 63.5 Å². The molecule has 4 rings (SSSR count). The van der Waals surface area contributed by atoms with Crippen LogP contribution in [0.2, 0.25) is 0 Å². The molecule has 0 amide bonds. The number of benzene rings is 1. The van der Waals surface area contributed by atoms with Crippen LogP contribution in [0.15, 0.2) is 23.2 Å². The van der Waals surface area contributed by atoms with Gasteiger partial charge in [-0.25, -0.2) is 0 Å². The zero-order valence-electron chi connectivity index (χ0n) is 17.5. The van der Waals surface area contributed by atoms with Crippen molar-refractivity contribution in [3.63, 3.8) is 0 Å². The minimum atomic E-state index is -3.52. The summed E-state index contributed by atoms with van der Waals surface area (Å²) in [5, 5.41) is 0. The van der Waals surface area contributed by atoms with Crippen molar-refractivity contribution in [3.8, 4) is 5.75 Å². The van der Waals surface area contributed by atoms with Crippen LogP contribution in [0.3, 0.4) is 0 Å². The molecule has 164 valence electrons. The Bertz CT molecular complexity index is 909. The lowest BCUT2D eigenvalue weighted by molar-refractivity contribution is 0.0916. The Morgan fingerprint density at radius 1 is 1.13 bits per heavy atom. The summed E-state index contributed by atoms with van der Waals surface area (Å²) < 4.78 is 36.6. The lowest BCUT2D eigenvalue weighted by atomic mass is 9.91. The Kier molecular flexibility index (Phi) is 6.55. The lowest BCUT2D eigenvalue weighted by Crippen LogP contribution is -2.46.